The molecule has 5 rings (SSSR count). The number of anilines is 1. The molecule has 0 amide bonds. The Morgan fingerprint density at radius 3 is 2.74 bits per heavy atom. The van der Waals surface area contributed by atoms with Crippen molar-refractivity contribution in [1.82, 2.24) is 24.6 Å². The number of fused-ring (bicyclic) bond motifs is 1. The molecule has 3 aromatic rings. The highest BCUT2D eigenvalue weighted by Crippen LogP contribution is 2.34. The summed E-state index contributed by atoms with van der Waals surface area (Å²) in [4.78, 5) is 25.7. The second-order valence-electron chi connectivity index (χ2n) is 10.7. The lowest BCUT2D eigenvalue weighted by Gasteiger charge is -2.44. The molecule has 3 unspecified atom stereocenters. The molecule has 4 heterocycles. The molecule has 5 atom stereocenters. The van der Waals surface area contributed by atoms with Crippen molar-refractivity contribution in [3.8, 4) is 0 Å². The van der Waals surface area contributed by atoms with E-state index in [-0.39, 0.29) is 18.5 Å². The van der Waals surface area contributed by atoms with Crippen molar-refractivity contribution >= 4 is 46.2 Å². The lowest BCUT2D eigenvalue weighted by molar-refractivity contribution is -0.147. The first-order chi connectivity index (χ1) is 18.1. The Labute approximate surface area is 232 Å². The number of aliphatic hydroxyl groups excluding tert-OH is 1. The summed E-state index contributed by atoms with van der Waals surface area (Å²) in [6.45, 7) is 8.81. The summed E-state index contributed by atoms with van der Waals surface area (Å²) in [5, 5.41) is 25.0. The van der Waals surface area contributed by atoms with Crippen LogP contribution in [0.4, 0.5) is 5.82 Å². The molecule has 2 fully saturated rings. The van der Waals surface area contributed by atoms with E-state index < -0.39 is 12.1 Å². The first-order valence-electron chi connectivity index (χ1n) is 13.2. The van der Waals surface area contributed by atoms with Gasteiger partial charge in [-0.3, -0.25) is 4.90 Å². The number of piperidine rings is 1. The molecular formula is C27H34Cl2N6O3. The average molecular weight is 562 g/mol. The van der Waals surface area contributed by atoms with Crippen LogP contribution in [0.2, 0.25) is 10.0 Å². The van der Waals surface area contributed by atoms with E-state index in [0.717, 1.165) is 67.1 Å². The van der Waals surface area contributed by atoms with E-state index in [9.17, 15) is 9.90 Å². The van der Waals surface area contributed by atoms with Crippen LogP contribution < -0.4 is 4.90 Å². The number of aryl methyl sites for hydroxylation is 1. The van der Waals surface area contributed by atoms with Crippen molar-refractivity contribution in [3.63, 3.8) is 0 Å². The second kappa shape index (κ2) is 11.0. The van der Waals surface area contributed by atoms with Gasteiger partial charge < -0.3 is 15.1 Å². The summed E-state index contributed by atoms with van der Waals surface area (Å²) >= 11 is 12.6. The van der Waals surface area contributed by atoms with Crippen LogP contribution in [0.1, 0.15) is 56.8 Å². The van der Waals surface area contributed by atoms with Crippen LogP contribution in [0.5, 0.6) is 0 Å². The fourth-order valence-corrected chi connectivity index (χ4v) is 6.74. The average Bonchev–Trinajstić information content (AvgIpc) is 3.47. The van der Waals surface area contributed by atoms with Crippen LogP contribution >= 0.6 is 23.2 Å². The Hall–Kier alpha value is -2.46. The van der Waals surface area contributed by atoms with E-state index in [1.165, 1.54) is 0 Å². The Morgan fingerprint density at radius 2 is 2.03 bits per heavy atom. The molecule has 2 aromatic heterocycles. The molecule has 2 saturated heterocycles. The summed E-state index contributed by atoms with van der Waals surface area (Å²) in [7, 11) is 0. The van der Waals surface area contributed by atoms with Crippen molar-refractivity contribution in [2.75, 3.05) is 24.5 Å². The maximum absolute atomic E-state index is 11.2. The molecule has 38 heavy (non-hydrogen) atoms. The number of nitrogens with zero attached hydrogens (tertiary/aromatic N) is 6. The minimum atomic E-state index is -1.31. The minimum Gasteiger partial charge on any atom is -0.479 e. The summed E-state index contributed by atoms with van der Waals surface area (Å²) in [5.74, 6) is 0.0238. The van der Waals surface area contributed by atoms with Gasteiger partial charge in [-0.1, -0.05) is 36.2 Å². The third-order valence-corrected chi connectivity index (χ3v) is 8.71. The highest BCUT2D eigenvalue weighted by Gasteiger charge is 2.38. The third kappa shape index (κ3) is 5.21. The van der Waals surface area contributed by atoms with Gasteiger partial charge in [0.15, 0.2) is 11.8 Å². The third-order valence-electron chi connectivity index (χ3n) is 8.15. The van der Waals surface area contributed by atoms with Crippen LogP contribution in [0.3, 0.4) is 0 Å². The standard InChI is InChI=1S/C27H34Cl2N6O3/c1-15-14-33(10-8-22(15)34-9-4-5-19(34)12-23(36)27(37)38)24-13-30-25-16(2)32-35(26(25)31-24)17(3)20-7-6-18(28)11-21(20)29/h6-7,11,13,15,17,19,22-23,36H,4-5,8-10,12,14H2,1-3H3,(H,37,38)/t15?,17-,19+,22?,23?/m1/s1. The van der Waals surface area contributed by atoms with Gasteiger partial charge in [0.05, 0.1) is 17.9 Å². The van der Waals surface area contributed by atoms with Crippen molar-refractivity contribution < 1.29 is 15.0 Å². The predicted molar refractivity (Wildman–Crippen MR) is 148 cm³/mol. The first kappa shape index (κ1) is 27.1. The lowest BCUT2D eigenvalue weighted by Crippen LogP contribution is -2.52. The van der Waals surface area contributed by atoms with Gasteiger partial charge in [-0.2, -0.15) is 5.10 Å². The molecule has 0 spiro atoms. The minimum absolute atomic E-state index is 0.106. The summed E-state index contributed by atoms with van der Waals surface area (Å²) in [6, 6.07) is 5.78. The Kier molecular flexibility index (Phi) is 7.82. The van der Waals surface area contributed by atoms with Crippen LogP contribution in [-0.2, 0) is 4.79 Å². The molecule has 0 saturated carbocycles. The number of carbonyl (C=O) groups is 1. The second-order valence-corrected chi connectivity index (χ2v) is 11.5. The van der Waals surface area contributed by atoms with E-state index in [1.54, 1.807) is 6.07 Å². The Morgan fingerprint density at radius 1 is 1.24 bits per heavy atom. The highest BCUT2D eigenvalue weighted by atomic mass is 35.5. The van der Waals surface area contributed by atoms with E-state index >= 15 is 0 Å². The Balaban J connectivity index is 1.35. The molecule has 0 aliphatic carbocycles. The van der Waals surface area contributed by atoms with Gasteiger partial charge in [-0.25, -0.2) is 19.4 Å². The van der Waals surface area contributed by atoms with Gasteiger partial charge in [-0.15, -0.1) is 0 Å². The topological polar surface area (TPSA) is 108 Å². The van der Waals surface area contributed by atoms with Gasteiger partial charge in [-0.05, 0) is 69.7 Å². The first-order valence-corrected chi connectivity index (χ1v) is 14.0. The highest BCUT2D eigenvalue weighted by molar-refractivity contribution is 6.35. The van der Waals surface area contributed by atoms with Crippen molar-refractivity contribution in [2.45, 2.75) is 70.7 Å². The van der Waals surface area contributed by atoms with Crippen LogP contribution in [0.15, 0.2) is 24.4 Å². The summed E-state index contributed by atoms with van der Waals surface area (Å²) in [5.41, 5.74) is 3.21. The predicted octanol–water partition coefficient (Wildman–Crippen LogP) is 4.57. The molecule has 204 valence electrons. The number of likely N-dealkylation sites (tertiary alicyclic amines) is 1. The van der Waals surface area contributed by atoms with Gasteiger partial charge in [0, 0.05) is 35.2 Å². The number of carboxylic acid groups (broad SMARTS) is 1. The zero-order chi connectivity index (χ0) is 27.1. The fraction of sp³-hybridized carbons (Fsp3) is 0.556. The molecule has 9 nitrogen and oxygen atoms in total. The lowest BCUT2D eigenvalue weighted by atomic mass is 9.91. The smallest absolute Gasteiger partial charge is 0.332 e. The number of hydrogen-bond acceptors (Lipinski definition) is 7. The zero-order valence-electron chi connectivity index (χ0n) is 21.9. The largest absolute Gasteiger partial charge is 0.479 e. The van der Waals surface area contributed by atoms with Gasteiger partial charge in [0.1, 0.15) is 11.3 Å². The van der Waals surface area contributed by atoms with Crippen LogP contribution in [0, 0.1) is 12.8 Å². The van der Waals surface area contributed by atoms with Gasteiger partial charge in [0.2, 0.25) is 0 Å². The monoisotopic (exact) mass is 560 g/mol. The van der Waals surface area contributed by atoms with Crippen LogP contribution in [-0.4, -0.2) is 78.7 Å². The number of benzene rings is 1. The molecule has 2 aliphatic heterocycles. The molecule has 11 heteroatoms. The molecule has 0 radical (unpaired) electrons. The molecule has 1 aromatic carbocycles. The Bertz CT molecular complexity index is 1330. The summed E-state index contributed by atoms with van der Waals surface area (Å²) in [6.07, 6.45) is 3.70. The number of halogens is 2. The maximum Gasteiger partial charge on any atom is 0.332 e. The molecular weight excluding hydrogens is 527 g/mol. The van der Waals surface area contributed by atoms with Gasteiger partial charge >= 0.3 is 5.97 Å². The van der Waals surface area contributed by atoms with Crippen molar-refractivity contribution in [2.24, 2.45) is 5.92 Å². The number of aromatic nitrogens is 4. The normalized spacial score (nSPS) is 24.2. The SMILES string of the molecule is Cc1nn([C@H](C)c2ccc(Cl)cc2Cl)c2nc(N3CCC(N4CCC[C@H]4CC(O)C(=O)O)C(C)C3)cnc12. The number of rotatable bonds is 7. The number of aliphatic carboxylic acids is 1. The quantitative estimate of drug-likeness (QED) is 0.432. The maximum atomic E-state index is 11.2. The van der Waals surface area contributed by atoms with E-state index in [4.69, 9.17) is 43.4 Å². The van der Waals surface area contributed by atoms with E-state index in [1.807, 2.05) is 36.9 Å². The van der Waals surface area contributed by atoms with Crippen molar-refractivity contribution in [3.05, 3.63) is 45.7 Å². The fourth-order valence-electron chi connectivity index (χ4n) is 6.18. The van der Waals surface area contributed by atoms with E-state index in [0.29, 0.717) is 22.0 Å². The zero-order valence-corrected chi connectivity index (χ0v) is 23.4. The van der Waals surface area contributed by atoms with Gasteiger partial charge in [0.25, 0.3) is 0 Å². The van der Waals surface area contributed by atoms with Crippen LogP contribution in [0.25, 0.3) is 11.2 Å². The number of aliphatic hydroxyl groups is 1. The van der Waals surface area contributed by atoms with Crippen molar-refractivity contribution in [1.29, 1.82) is 0 Å². The number of carboxylic acids is 1. The summed E-state index contributed by atoms with van der Waals surface area (Å²) < 4.78 is 1.88. The number of hydrogen-bond donors (Lipinski definition) is 2. The molecule has 2 aliphatic rings. The molecule has 2 N–H and O–H groups in total. The molecule has 0 bridgehead atoms. The van der Waals surface area contributed by atoms with E-state index in [2.05, 4.69) is 16.7 Å².